The fourth-order valence-corrected chi connectivity index (χ4v) is 2.54. The van der Waals surface area contributed by atoms with Crippen LogP contribution in [0.25, 0.3) is 10.9 Å². The second-order valence-electron chi connectivity index (χ2n) is 5.53. The molecule has 0 bridgehead atoms. The van der Waals surface area contributed by atoms with Crippen LogP contribution in [0.2, 0.25) is 0 Å². The van der Waals surface area contributed by atoms with Gasteiger partial charge in [-0.05, 0) is 44.0 Å². The van der Waals surface area contributed by atoms with Crippen molar-refractivity contribution in [3.8, 4) is 0 Å². The summed E-state index contributed by atoms with van der Waals surface area (Å²) >= 11 is 0. The number of carbonyl (C=O) groups is 1. The summed E-state index contributed by atoms with van der Waals surface area (Å²) in [7, 11) is 0. The van der Waals surface area contributed by atoms with Crippen LogP contribution in [0.3, 0.4) is 0 Å². The van der Waals surface area contributed by atoms with Crippen molar-refractivity contribution in [1.29, 1.82) is 0 Å². The van der Waals surface area contributed by atoms with E-state index in [1.54, 1.807) is 12.1 Å². The van der Waals surface area contributed by atoms with Crippen LogP contribution in [0.5, 0.6) is 0 Å². The Labute approximate surface area is 129 Å². The summed E-state index contributed by atoms with van der Waals surface area (Å²) in [5, 5.41) is 6.90. The molecule has 0 aliphatic rings. The van der Waals surface area contributed by atoms with Crippen LogP contribution in [0, 0.1) is 5.82 Å². The molecule has 0 aliphatic heterocycles. The van der Waals surface area contributed by atoms with E-state index in [0.717, 1.165) is 16.5 Å². The van der Waals surface area contributed by atoms with Crippen molar-refractivity contribution in [2.24, 2.45) is 0 Å². The van der Waals surface area contributed by atoms with E-state index in [1.165, 1.54) is 12.1 Å². The van der Waals surface area contributed by atoms with Crippen molar-refractivity contribution in [1.82, 2.24) is 15.6 Å². The summed E-state index contributed by atoms with van der Waals surface area (Å²) < 4.78 is 13.4. The smallest absolute Gasteiger partial charge is 0.237 e. The van der Waals surface area contributed by atoms with Gasteiger partial charge in [-0.15, -0.1) is 6.58 Å². The summed E-state index contributed by atoms with van der Waals surface area (Å²) in [4.78, 5) is 15.0. The quantitative estimate of drug-likeness (QED) is 0.688. The van der Waals surface area contributed by atoms with E-state index < -0.39 is 0 Å². The molecule has 1 heterocycles. The molecule has 0 spiro atoms. The van der Waals surface area contributed by atoms with Gasteiger partial charge in [0.1, 0.15) is 5.82 Å². The Morgan fingerprint density at radius 1 is 1.45 bits per heavy atom. The molecule has 1 aromatic carbocycles. The van der Waals surface area contributed by atoms with E-state index in [1.807, 2.05) is 20.0 Å². The highest BCUT2D eigenvalue weighted by atomic mass is 19.1. The summed E-state index contributed by atoms with van der Waals surface area (Å²) in [5.74, 6) is -0.303. The first-order valence-electron chi connectivity index (χ1n) is 7.41. The maximum Gasteiger partial charge on any atom is 0.237 e. The van der Waals surface area contributed by atoms with Crippen molar-refractivity contribution in [3.63, 3.8) is 0 Å². The average molecular weight is 303 g/mol. The number of H-pyrrole nitrogens is 1. The maximum atomic E-state index is 13.4. The molecule has 0 fully saturated rings. The van der Waals surface area contributed by atoms with Gasteiger partial charge in [0, 0.05) is 29.7 Å². The number of amides is 1. The zero-order valence-corrected chi connectivity index (χ0v) is 12.9. The molecule has 2 unspecified atom stereocenters. The number of fused-ring (bicyclic) bond motifs is 1. The lowest BCUT2D eigenvalue weighted by atomic mass is 10.1. The monoisotopic (exact) mass is 303 g/mol. The molecule has 1 aromatic heterocycles. The highest BCUT2D eigenvalue weighted by molar-refractivity contribution is 5.83. The third kappa shape index (κ3) is 3.95. The highest BCUT2D eigenvalue weighted by Gasteiger charge is 2.16. The molecule has 118 valence electrons. The fraction of sp³-hybridized carbons (Fsp3) is 0.353. The number of rotatable bonds is 7. The Morgan fingerprint density at radius 2 is 2.23 bits per heavy atom. The zero-order chi connectivity index (χ0) is 16.1. The van der Waals surface area contributed by atoms with E-state index in [2.05, 4.69) is 22.2 Å². The first-order chi connectivity index (χ1) is 10.5. The summed E-state index contributed by atoms with van der Waals surface area (Å²) in [5.41, 5.74) is 1.95. The van der Waals surface area contributed by atoms with Gasteiger partial charge in [0.25, 0.3) is 0 Å². The number of hydrogen-bond acceptors (Lipinski definition) is 2. The van der Waals surface area contributed by atoms with Gasteiger partial charge in [-0.2, -0.15) is 0 Å². The van der Waals surface area contributed by atoms with Gasteiger partial charge in [0.15, 0.2) is 0 Å². The standard InChI is InChI=1S/C17H22FN3O/c1-4-7-19-17(22)12(3)21-11(2)8-13-10-20-16-6-5-14(18)9-15(13)16/h4-6,9-12,20-21H,1,7-8H2,2-3H3,(H,19,22). The maximum absolute atomic E-state index is 13.4. The second kappa shape index (κ2) is 7.22. The molecule has 0 saturated carbocycles. The Morgan fingerprint density at radius 3 is 2.95 bits per heavy atom. The van der Waals surface area contributed by atoms with Crippen LogP contribution in [0.15, 0.2) is 37.1 Å². The molecule has 4 nitrogen and oxygen atoms in total. The number of nitrogens with one attached hydrogen (secondary N) is 3. The molecule has 3 N–H and O–H groups in total. The zero-order valence-electron chi connectivity index (χ0n) is 12.9. The fourth-order valence-electron chi connectivity index (χ4n) is 2.54. The van der Waals surface area contributed by atoms with Crippen LogP contribution in [0.4, 0.5) is 4.39 Å². The number of carbonyl (C=O) groups excluding carboxylic acids is 1. The van der Waals surface area contributed by atoms with Gasteiger partial charge in [-0.3, -0.25) is 4.79 Å². The molecule has 2 rings (SSSR count). The Balaban J connectivity index is 1.98. The lowest BCUT2D eigenvalue weighted by molar-refractivity contribution is -0.122. The van der Waals surface area contributed by atoms with Crippen LogP contribution in [-0.2, 0) is 11.2 Å². The van der Waals surface area contributed by atoms with E-state index in [4.69, 9.17) is 0 Å². The second-order valence-corrected chi connectivity index (χ2v) is 5.53. The molecule has 2 atom stereocenters. The minimum Gasteiger partial charge on any atom is -0.361 e. The predicted octanol–water partition coefficient (Wildman–Crippen LogP) is 2.52. The molecule has 2 aromatic rings. The van der Waals surface area contributed by atoms with Crippen molar-refractivity contribution in [2.75, 3.05) is 6.54 Å². The van der Waals surface area contributed by atoms with Crippen molar-refractivity contribution < 1.29 is 9.18 Å². The van der Waals surface area contributed by atoms with E-state index in [9.17, 15) is 9.18 Å². The van der Waals surface area contributed by atoms with Crippen LogP contribution >= 0.6 is 0 Å². The molecule has 1 amide bonds. The van der Waals surface area contributed by atoms with Crippen molar-refractivity contribution in [2.45, 2.75) is 32.4 Å². The van der Waals surface area contributed by atoms with Gasteiger partial charge in [-0.1, -0.05) is 6.08 Å². The lowest BCUT2D eigenvalue weighted by Crippen LogP contribution is -2.46. The third-order valence-corrected chi connectivity index (χ3v) is 3.60. The molecule has 0 saturated heterocycles. The Hall–Kier alpha value is -2.14. The van der Waals surface area contributed by atoms with E-state index >= 15 is 0 Å². The van der Waals surface area contributed by atoms with Gasteiger partial charge < -0.3 is 15.6 Å². The van der Waals surface area contributed by atoms with Gasteiger partial charge in [0.05, 0.1) is 6.04 Å². The van der Waals surface area contributed by atoms with Crippen LogP contribution in [-0.4, -0.2) is 29.5 Å². The largest absolute Gasteiger partial charge is 0.361 e. The minimum absolute atomic E-state index is 0.0586. The van der Waals surface area contributed by atoms with Crippen LogP contribution in [0.1, 0.15) is 19.4 Å². The molecule has 22 heavy (non-hydrogen) atoms. The van der Waals surface area contributed by atoms with E-state index in [-0.39, 0.29) is 23.8 Å². The SMILES string of the molecule is C=CCNC(=O)C(C)NC(C)Cc1c[nH]c2ccc(F)cc12. The normalized spacial score (nSPS) is 13.8. The van der Waals surface area contributed by atoms with E-state index in [0.29, 0.717) is 13.0 Å². The van der Waals surface area contributed by atoms with Gasteiger partial charge >= 0.3 is 0 Å². The summed E-state index contributed by atoms with van der Waals surface area (Å²) in [6, 6.07) is 4.51. The molecule has 0 aliphatic carbocycles. The third-order valence-electron chi connectivity index (χ3n) is 3.60. The molecular formula is C17H22FN3O. The summed E-state index contributed by atoms with van der Waals surface area (Å²) in [6.07, 6.45) is 4.25. The van der Waals surface area contributed by atoms with Gasteiger partial charge in [-0.25, -0.2) is 4.39 Å². The number of hydrogen-bond donors (Lipinski definition) is 3. The molecule has 5 heteroatoms. The number of aromatic nitrogens is 1. The predicted molar refractivity (Wildman–Crippen MR) is 87.2 cm³/mol. The number of benzene rings is 1. The van der Waals surface area contributed by atoms with Crippen molar-refractivity contribution >= 4 is 16.8 Å². The Kier molecular flexibility index (Phi) is 5.33. The summed E-state index contributed by atoms with van der Waals surface area (Å²) in [6.45, 7) is 7.86. The lowest BCUT2D eigenvalue weighted by Gasteiger charge is -2.19. The number of halogens is 1. The van der Waals surface area contributed by atoms with Gasteiger partial charge in [0.2, 0.25) is 5.91 Å². The molecular weight excluding hydrogens is 281 g/mol. The van der Waals surface area contributed by atoms with Crippen molar-refractivity contribution in [3.05, 3.63) is 48.4 Å². The topological polar surface area (TPSA) is 56.9 Å². The van der Waals surface area contributed by atoms with Crippen LogP contribution < -0.4 is 10.6 Å². The molecule has 0 radical (unpaired) electrons. The first-order valence-corrected chi connectivity index (χ1v) is 7.41. The Bertz CT molecular complexity index is 665. The first kappa shape index (κ1) is 16.2. The average Bonchev–Trinajstić information content (AvgIpc) is 2.86. The highest BCUT2D eigenvalue weighted by Crippen LogP contribution is 2.20. The number of aromatic amines is 1. The minimum atomic E-state index is -0.295.